The van der Waals surface area contributed by atoms with E-state index in [0.29, 0.717) is 21.5 Å². The van der Waals surface area contributed by atoms with Gasteiger partial charge < -0.3 is 19.6 Å². The minimum absolute atomic E-state index is 0.256. The zero-order valence-corrected chi connectivity index (χ0v) is 18.2. The number of ether oxygens (including phenoxy) is 1. The van der Waals surface area contributed by atoms with E-state index < -0.39 is 11.4 Å². The number of carbonyl (C=O) groups excluding carboxylic acids is 1. The Kier molecular flexibility index (Phi) is 6.60. The second kappa shape index (κ2) is 9.55. The maximum Gasteiger partial charge on any atom is 0.252 e. The lowest BCUT2D eigenvalue weighted by Gasteiger charge is -2.27. The molecular weight excluding hydrogens is 414 g/mol. The molecular formula is C23H25N3O4S. The van der Waals surface area contributed by atoms with Crippen molar-refractivity contribution in [2.24, 2.45) is 0 Å². The number of aromatic nitrogens is 1. The lowest BCUT2D eigenvalue weighted by Crippen LogP contribution is -2.35. The van der Waals surface area contributed by atoms with Gasteiger partial charge in [0.2, 0.25) is 5.56 Å². The highest BCUT2D eigenvalue weighted by Gasteiger charge is 2.25. The smallest absolute Gasteiger partial charge is 0.252 e. The number of methoxy groups -OCH3 is 1. The van der Waals surface area contributed by atoms with Crippen LogP contribution in [0.25, 0.3) is 10.9 Å². The van der Waals surface area contributed by atoms with Crippen LogP contribution in [0, 0.1) is 0 Å². The molecule has 0 radical (unpaired) electrons. The van der Waals surface area contributed by atoms with Crippen molar-refractivity contribution in [1.82, 2.24) is 14.6 Å². The van der Waals surface area contributed by atoms with Crippen molar-refractivity contribution in [3.8, 4) is 5.75 Å². The van der Waals surface area contributed by atoms with Gasteiger partial charge in [0.25, 0.3) is 5.91 Å². The predicted molar refractivity (Wildman–Crippen MR) is 121 cm³/mol. The Morgan fingerprint density at radius 1 is 1.16 bits per heavy atom. The summed E-state index contributed by atoms with van der Waals surface area (Å²) in [5.74, 6) is 0.306. The van der Waals surface area contributed by atoms with Crippen molar-refractivity contribution in [2.75, 3.05) is 20.2 Å². The quantitative estimate of drug-likeness (QED) is 0.576. The van der Waals surface area contributed by atoms with Crippen LogP contribution < -0.4 is 15.6 Å². The van der Waals surface area contributed by atoms with Crippen LogP contribution in [0.1, 0.15) is 35.2 Å². The number of aromatic amines is 1. The monoisotopic (exact) mass is 439 g/mol. The Morgan fingerprint density at radius 2 is 1.94 bits per heavy atom. The second-order valence-electron chi connectivity index (χ2n) is 7.49. The van der Waals surface area contributed by atoms with Crippen LogP contribution in [0.5, 0.6) is 5.75 Å². The van der Waals surface area contributed by atoms with Crippen LogP contribution in [0.15, 0.2) is 58.2 Å². The highest BCUT2D eigenvalue weighted by atomic mass is 32.2. The molecule has 1 unspecified atom stereocenters. The van der Waals surface area contributed by atoms with Crippen molar-refractivity contribution in [1.29, 1.82) is 0 Å². The lowest BCUT2D eigenvalue weighted by atomic mass is 10.1. The molecule has 0 spiro atoms. The number of benzene rings is 2. The Balaban J connectivity index is 1.62. The number of nitrogens with one attached hydrogen (secondary N) is 2. The third-order valence-electron chi connectivity index (χ3n) is 5.44. The van der Waals surface area contributed by atoms with Gasteiger partial charge in [-0.05, 0) is 31.0 Å². The molecule has 0 bridgehead atoms. The molecule has 2 N–H and O–H groups in total. The Morgan fingerprint density at radius 3 is 2.71 bits per heavy atom. The highest BCUT2D eigenvalue weighted by Crippen LogP contribution is 2.25. The van der Waals surface area contributed by atoms with E-state index in [1.165, 1.54) is 6.07 Å². The molecule has 31 heavy (non-hydrogen) atoms. The molecule has 1 aliphatic rings. The zero-order chi connectivity index (χ0) is 21.8. The number of hydrogen-bond donors (Lipinski definition) is 2. The van der Waals surface area contributed by atoms with Gasteiger partial charge in [-0.1, -0.05) is 24.6 Å². The standard InChI is InChI=1S/C23H25N3O4S/c1-30-21-8-4-3-7-16(21)15-24-23(28)19-14-22(27)25-20-10-9-17(13-18(19)20)31(29)26-11-5-2-6-12-26/h3-4,7-10,13-14H,2,5-6,11-12,15H2,1H3,(H,24,28)(H,25,27). The average molecular weight is 440 g/mol. The van der Waals surface area contributed by atoms with Crippen molar-refractivity contribution in [3.05, 3.63) is 70.0 Å². The number of rotatable bonds is 6. The summed E-state index contributed by atoms with van der Waals surface area (Å²) in [6, 6.07) is 13.9. The molecule has 1 amide bonds. The second-order valence-corrected chi connectivity index (χ2v) is 8.97. The minimum atomic E-state index is -1.30. The molecule has 7 nitrogen and oxygen atoms in total. The van der Waals surface area contributed by atoms with E-state index in [4.69, 9.17) is 4.74 Å². The minimum Gasteiger partial charge on any atom is -0.593 e. The van der Waals surface area contributed by atoms with Gasteiger partial charge in [0.15, 0.2) is 4.90 Å². The first kappa shape index (κ1) is 21.4. The van der Waals surface area contributed by atoms with Crippen LogP contribution in [-0.2, 0) is 17.9 Å². The molecule has 0 saturated carbocycles. The summed E-state index contributed by atoms with van der Waals surface area (Å²) in [4.78, 5) is 28.5. The van der Waals surface area contributed by atoms with Crippen LogP contribution in [-0.4, -0.2) is 39.9 Å². The van der Waals surface area contributed by atoms with Gasteiger partial charge in [-0.2, -0.15) is 0 Å². The van der Waals surface area contributed by atoms with E-state index in [-0.39, 0.29) is 23.6 Å². The van der Waals surface area contributed by atoms with E-state index in [0.717, 1.165) is 37.9 Å². The first-order valence-electron chi connectivity index (χ1n) is 10.3. The number of amides is 1. The molecule has 4 rings (SSSR count). The lowest BCUT2D eigenvalue weighted by molar-refractivity contribution is 0.0952. The van der Waals surface area contributed by atoms with Gasteiger partial charge in [0.05, 0.1) is 24.0 Å². The molecule has 162 valence electrons. The van der Waals surface area contributed by atoms with Crippen LogP contribution in [0.3, 0.4) is 0 Å². The largest absolute Gasteiger partial charge is 0.593 e. The highest BCUT2D eigenvalue weighted by molar-refractivity contribution is 7.89. The number of carbonyl (C=O) groups is 1. The van der Waals surface area contributed by atoms with Crippen molar-refractivity contribution in [2.45, 2.75) is 30.7 Å². The Bertz CT molecular complexity index is 1140. The summed E-state index contributed by atoms with van der Waals surface area (Å²) in [6.07, 6.45) is 3.22. The molecule has 1 atom stereocenters. The number of pyridine rings is 1. The van der Waals surface area contributed by atoms with Crippen LogP contribution in [0.4, 0.5) is 0 Å². The van der Waals surface area contributed by atoms with Crippen LogP contribution >= 0.6 is 0 Å². The topological polar surface area (TPSA) is 97.5 Å². The van der Waals surface area contributed by atoms with Gasteiger partial charge in [0, 0.05) is 48.2 Å². The first-order valence-corrected chi connectivity index (χ1v) is 11.4. The number of hydrogen-bond acceptors (Lipinski definition) is 5. The maximum atomic E-state index is 13.0. The van der Waals surface area contributed by atoms with E-state index >= 15 is 0 Å². The van der Waals surface area contributed by atoms with E-state index in [1.807, 2.05) is 28.6 Å². The fourth-order valence-corrected chi connectivity index (χ4v) is 5.12. The number of nitrogens with zero attached hydrogens (tertiary/aromatic N) is 1. The van der Waals surface area contributed by atoms with Gasteiger partial charge in [-0.25, -0.2) is 0 Å². The third-order valence-corrected chi connectivity index (χ3v) is 6.93. The third kappa shape index (κ3) is 4.76. The molecule has 1 aromatic heterocycles. The van der Waals surface area contributed by atoms with Crippen molar-refractivity contribution in [3.63, 3.8) is 0 Å². The van der Waals surface area contributed by atoms with E-state index in [1.54, 1.807) is 25.3 Å². The molecule has 1 saturated heterocycles. The summed E-state index contributed by atoms with van der Waals surface area (Å²) >= 11 is -1.30. The molecule has 3 aromatic rings. The normalized spacial score (nSPS) is 15.5. The number of piperidine rings is 1. The molecule has 2 heterocycles. The average Bonchev–Trinajstić information content (AvgIpc) is 2.82. The molecule has 8 heteroatoms. The maximum absolute atomic E-state index is 13.0. The SMILES string of the molecule is COc1ccccc1CNC(=O)c1cc(=O)[nH]c2ccc([S+]([O-])N3CCCCC3)cc12. The van der Waals surface area contributed by atoms with Gasteiger partial charge in [-0.3, -0.25) is 9.59 Å². The first-order chi connectivity index (χ1) is 15.1. The number of fused-ring (bicyclic) bond motifs is 1. The fourth-order valence-electron chi connectivity index (χ4n) is 3.83. The molecule has 1 aliphatic heterocycles. The summed E-state index contributed by atoms with van der Waals surface area (Å²) in [5.41, 5.74) is 1.26. The number of H-pyrrole nitrogens is 1. The van der Waals surface area contributed by atoms with Crippen molar-refractivity contribution >= 4 is 28.2 Å². The molecule has 2 aromatic carbocycles. The Labute approximate surface area is 183 Å². The fraction of sp³-hybridized carbons (Fsp3) is 0.304. The summed E-state index contributed by atoms with van der Waals surface area (Å²) in [6.45, 7) is 1.85. The van der Waals surface area contributed by atoms with Crippen LogP contribution in [0.2, 0.25) is 0 Å². The van der Waals surface area contributed by atoms with Gasteiger partial charge in [0.1, 0.15) is 5.75 Å². The predicted octanol–water partition coefficient (Wildman–Crippen LogP) is 2.98. The summed E-state index contributed by atoms with van der Waals surface area (Å²) in [5, 5.41) is 3.43. The van der Waals surface area contributed by atoms with Crippen molar-refractivity contribution < 1.29 is 14.1 Å². The number of para-hydroxylation sites is 1. The van der Waals surface area contributed by atoms with E-state index in [2.05, 4.69) is 10.3 Å². The zero-order valence-electron chi connectivity index (χ0n) is 17.3. The molecule has 0 aliphatic carbocycles. The Hall–Kier alpha value is -2.81. The molecule has 1 fully saturated rings. The van der Waals surface area contributed by atoms with Gasteiger partial charge in [-0.15, -0.1) is 4.31 Å². The van der Waals surface area contributed by atoms with E-state index in [9.17, 15) is 14.1 Å². The summed E-state index contributed by atoms with van der Waals surface area (Å²) in [7, 11) is 1.58. The summed E-state index contributed by atoms with van der Waals surface area (Å²) < 4.78 is 20.3. The van der Waals surface area contributed by atoms with Gasteiger partial charge >= 0.3 is 0 Å².